The van der Waals surface area contributed by atoms with Crippen LogP contribution in [0.4, 0.5) is 10.7 Å². The van der Waals surface area contributed by atoms with Crippen molar-refractivity contribution in [1.29, 1.82) is 0 Å². The first-order valence-corrected chi connectivity index (χ1v) is 9.04. The normalized spacial score (nSPS) is 11.3. The summed E-state index contributed by atoms with van der Waals surface area (Å²) in [7, 11) is -4.51. The van der Waals surface area contributed by atoms with Crippen LogP contribution in [0.2, 0.25) is 10.3 Å². The van der Waals surface area contributed by atoms with Crippen molar-refractivity contribution in [2.45, 2.75) is 4.90 Å². The lowest BCUT2D eigenvalue weighted by atomic mass is 10.2. The molecule has 0 spiro atoms. The van der Waals surface area contributed by atoms with E-state index in [1.54, 1.807) is 16.9 Å². The molecule has 0 bridgehead atoms. The maximum Gasteiger partial charge on any atom is 0.335 e. The van der Waals surface area contributed by atoms with Gasteiger partial charge in [-0.2, -0.15) is 0 Å². The number of rotatable bonds is 3. The number of carbonyl (C=O) groups excluding carboxylic acids is 1. The zero-order valence-corrected chi connectivity index (χ0v) is 14.9. The third-order valence-electron chi connectivity index (χ3n) is 3.05. The number of carbonyl (C=O) groups is 1. The van der Waals surface area contributed by atoms with Crippen molar-refractivity contribution in [3.8, 4) is 0 Å². The molecule has 2 amide bonds. The summed E-state index contributed by atoms with van der Waals surface area (Å²) in [6, 6.07) is 6.10. The second-order valence-electron chi connectivity index (χ2n) is 4.82. The van der Waals surface area contributed by atoms with Crippen molar-refractivity contribution >= 4 is 56.2 Å². The van der Waals surface area contributed by atoms with Crippen molar-refractivity contribution in [3.63, 3.8) is 0 Å². The fourth-order valence-corrected chi connectivity index (χ4v) is 3.35. The van der Waals surface area contributed by atoms with Gasteiger partial charge in [0, 0.05) is 6.07 Å². The van der Waals surface area contributed by atoms with E-state index in [-0.39, 0.29) is 27.2 Å². The highest BCUT2D eigenvalue weighted by Gasteiger charge is 2.24. The SMILES string of the molecule is O=C(Nc1nc(Cl)cc(Cl)n1)NS(=O)(=O)c1coc2ccccc2c1=O. The van der Waals surface area contributed by atoms with E-state index in [9.17, 15) is 18.0 Å². The van der Waals surface area contributed by atoms with Gasteiger partial charge in [0.05, 0.1) is 5.39 Å². The van der Waals surface area contributed by atoms with Gasteiger partial charge >= 0.3 is 6.03 Å². The van der Waals surface area contributed by atoms with Crippen molar-refractivity contribution < 1.29 is 17.6 Å². The molecule has 2 N–H and O–H groups in total. The summed E-state index contributed by atoms with van der Waals surface area (Å²) in [5, 5.41) is 2.00. The summed E-state index contributed by atoms with van der Waals surface area (Å²) >= 11 is 11.3. The number of hydrogen-bond donors (Lipinski definition) is 2. The predicted molar refractivity (Wildman–Crippen MR) is 93.9 cm³/mol. The average Bonchev–Trinajstić information content (AvgIpc) is 2.53. The largest absolute Gasteiger partial charge is 0.463 e. The Labute approximate surface area is 156 Å². The second kappa shape index (κ2) is 6.90. The van der Waals surface area contributed by atoms with Gasteiger partial charge in [-0.25, -0.2) is 27.9 Å². The first-order chi connectivity index (χ1) is 12.3. The minimum Gasteiger partial charge on any atom is -0.463 e. The number of para-hydroxylation sites is 1. The summed E-state index contributed by atoms with van der Waals surface area (Å²) < 4.78 is 31.4. The molecule has 1 aromatic carbocycles. The van der Waals surface area contributed by atoms with Gasteiger partial charge in [-0.3, -0.25) is 10.1 Å². The number of nitrogens with zero attached hydrogens (tertiary/aromatic N) is 2. The molecule has 26 heavy (non-hydrogen) atoms. The number of aromatic nitrogens is 2. The average molecular weight is 415 g/mol. The molecule has 0 saturated carbocycles. The second-order valence-corrected chi connectivity index (χ2v) is 7.25. The van der Waals surface area contributed by atoms with Gasteiger partial charge in [0.1, 0.15) is 22.2 Å². The standard InChI is InChI=1S/C14H8Cl2N4O5S/c15-10-5-11(16)18-13(17-10)19-14(22)20-26(23,24)9-6-25-8-4-2-1-3-7(8)12(9)21/h1-6H,(H2,17,18,19,20,22). The fraction of sp³-hybridized carbons (Fsp3) is 0. The van der Waals surface area contributed by atoms with Gasteiger partial charge < -0.3 is 4.42 Å². The fourth-order valence-electron chi connectivity index (χ4n) is 2.00. The lowest BCUT2D eigenvalue weighted by Gasteiger charge is -2.08. The van der Waals surface area contributed by atoms with Gasteiger partial charge in [-0.1, -0.05) is 35.3 Å². The van der Waals surface area contributed by atoms with Gasteiger partial charge in [-0.05, 0) is 12.1 Å². The molecule has 2 heterocycles. The molecule has 134 valence electrons. The van der Waals surface area contributed by atoms with E-state index in [4.69, 9.17) is 27.6 Å². The molecular weight excluding hydrogens is 407 g/mol. The van der Waals surface area contributed by atoms with Crippen LogP contribution in [-0.4, -0.2) is 24.4 Å². The first kappa shape index (κ1) is 18.1. The number of nitrogens with one attached hydrogen (secondary N) is 2. The number of halogens is 2. The van der Waals surface area contributed by atoms with E-state index in [0.717, 1.165) is 6.26 Å². The van der Waals surface area contributed by atoms with Crippen LogP contribution in [-0.2, 0) is 10.0 Å². The van der Waals surface area contributed by atoms with Gasteiger partial charge in [0.15, 0.2) is 4.90 Å². The Balaban J connectivity index is 1.88. The van der Waals surface area contributed by atoms with Crippen LogP contribution in [0, 0.1) is 0 Å². The van der Waals surface area contributed by atoms with Crippen molar-refractivity contribution in [1.82, 2.24) is 14.7 Å². The predicted octanol–water partition coefficient (Wildman–Crippen LogP) is 2.40. The highest BCUT2D eigenvalue weighted by Crippen LogP contribution is 2.15. The number of urea groups is 1. The van der Waals surface area contributed by atoms with E-state index in [0.29, 0.717) is 0 Å². The zero-order valence-electron chi connectivity index (χ0n) is 12.6. The third kappa shape index (κ3) is 3.77. The molecule has 3 aromatic rings. The van der Waals surface area contributed by atoms with E-state index >= 15 is 0 Å². The van der Waals surface area contributed by atoms with Crippen LogP contribution in [0.1, 0.15) is 0 Å². The Morgan fingerprint density at radius 3 is 2.46 bits per heavy atom. The lowest BCUT2D eigenvalue weighted by molar-refractivity contribution is 0.256. The summed E-state index contributed by atoms with van der Waals surface area (Å²) in [6.07, 6.45) is 0.757. The molecule has 0 atom stereocenters. The zero-order chi connectivity index (χ0) is 18.9. The van der Waals surface area contributed by atoms with Gasteiger partial charge in [0.25, 0.3) is 10.0 Å². The van der Waals surface area contributed by atoms with E-state index in [1.165, 1.54) is 18.2 Å². The summed E-state index contributed by atoms with van der Waals surface area (Å²) in [5.74, 6) is -0.319. The van der Waals surface area contributed by atoms with Crippen LogP contribution < -0.4 is 15.5 Å². The number of hydrogen-bond acceptors (Lipinski definition) is 7. The maximum absolute atomic E-state index is 12.3. The third-order valence-corrected chi connectivity index (χ3v) is 4.76. The number of fused-ring (bicyclic) bond motifs is 1. The van der Waals surface area contributed by atoms with E-state index < -0.39 is 26.4 Å². The quantitative estimate of drug-likeness (QED) is 0.628. The van der Waals surface area contributed by atoms with Crippen molar-refractivity contribution in [2.24, 2.45) is 0 Å². The van der Waals surface area contributed by atoms with Crippen LogP contribution in [0.5, 0.6) is 0 Å². The highest BCUT2D eigenvalue weighted by molar-refractivity contribution is 7.90. The number of amides is 2. The van der Waals surface area contributed by atoms with E-state index in [2.05, 4.69) is 15.3 Å². The number of anilines is 1. The maximum atomic E-state index is 12.3. The van der Waals surface area contributed by atoms with E-state index in [1.807, 2.05) is 0 Å². The molecule has 9 nitrogen and oxygen atoms in total. The molecule has 0 aliphatic rings. The summed E-state index contributed by atoms with van der Waals surface area (Å²) in [6.45, 7) is 0. The minimum absolute atomic E-state index is 0.0562. The molecule has 0 aliphatic carbocycles. The van der Waals surface area contributed by atoms with Crippen LogP contribution in [0.3, 0.4) is 0 Å². The molecule has 2 aromatic heterocycles. The lowest BCUT2D eigenvalue weighted by Crippen LogP contribution is -2.37. The molecule has 0 unspecified atom stereocenters. The first-order valence-electron chi connectivity index (χ1n) is 6.81. The molecule has 0 saturated heterocycles. The smallest absolute Gasteiger partial charge is 0.335 e. The molecule has 0 aliphatic heterocycles. The van der Waals surface area contributed by atoms with Crippen LogP contribution >= 0.6 is 23.2 Å². The molecule has 0 fully saturated rings. The molecular formula is C14H8Cl2N4O5S. The Hall–Kier alpha value is -2.69. The van der Waals surface area contributed by atoms with Crippen LogP contribution in [0.25, 0.3) is 11.0 Å². The monoisotopic (exact) mass is 414 g/mol. The highest BCUT2D eigenvalue weighted by atomic mass is 35.5. The van der Waals surface area contributed by atoms with Gasteiger partial charge in [-0.15, -0.1) is 0 Å². The molecule has 3 rings (SSSR count). The van der Waals surface area contributed by atoms with Crippen molar-refractivity contribution in [3.05, 3.63) is 57.1 Å². The van der Waals surface area contributed by atoms with Crippen molar-refractivity contribution in [2.75, 3.05) is 5.32 Å². The topological polar surface area (TPSA) is 131 Å². The van der Waals surface area contributed by atoms with Crippen LogP contribution in [0.15, 0.2) is 50.7 Å². The Kier molecular flexibility index (Phi) is 4.81. The summed E-state index contributed by atoms with van der Waals surface area (Å²) in [4.78, 5) is 30.8. The molecule has 12 heteroatoms. The Morgan fingerprint density at radius 1 is 1.12 bits per heavy atom. The number of benzene rings is 1. The minimum atomic E-state index is -4.51. The number of sulfonamides is 1. The van der Waals surface area contributed by atoms with Gasteiger partial charge in [0.2, 0.25) is 11.4 Å². The summed E-state index contributed by atoms with van der Waals surface area (Å²) in [5.41, 5.74) is -0.600. The Bertz CT molecular complexity index is 1160. The molecule has 0 radical (unpaired) electrons. The Morgan fingerprint density at radius 2 is 1.77 bits per heavy atom.